The van der Waals surface area contributed by atoms with Crippen LogP contribution in [0.15, 0.2) is 30.3 Å². The van der Waals surface area contributed by atoms with Crippen LogP contribution in [0.4, 0.5) is 8.78 Å². The summed E-state index contributed by atoms with van der Waals surface area (Å²) in [6, 6.07) is 8.20. The number of rotatable bonds is 3. The average Bonchev–Trinajstić information content (AvgIpc) is 2.71. The van der Waals surface area contributed by atoms with Crippen LogP contribution in [0.2, 0.25) is 0 Å². The molecule has 0 radical (unpaired) electrons. The zero-order valence-electron chi connectivity index (χ0n) is 8.25. The van der Waals surface area contributed by atoms with E-state index >= 15 is 0 Å². The number of hydrogen-bond acceptors (Lipinski definition) is 2. The largest absolute Gasteiger partial charge is 0.432 e. The normalized spacial score (nSPS) is 21.6. The highest BCUT2D eigenvalue weighted by atomic mass is 19.3. The molecule has 2 nitrogen and oxygen atoms in total. The van der Waals surface area contributed by atoms with E-state index in [1.165, 1.54) is 12.1 Å². The van der Waals surface area contributed by atoms with Crippen molar-refractivity contribution in [1.82, 2.24) is 5.32 Å². The third-order valence-corrected chi connectivity index (χ3v) is 2.53. The summed E-state index contributed by atoms with van der Waals surface area (Å²) in [6.07, 6.45) is -2.62. The average molecular weight is 213 g/mol. The molecule has 15 heavy (non-hydrogen) atoms. The molecule has 1 atom stereocenters. The molecule has 1 aliphatic heterocycles. The predicted octanol–water partition coefficient (Wildman–Crippen LogP) is 2.27. The number of alkyl halides is 2. The van der Waals surface area contributed by atoms with Crippen LogP contribution in [0.1, 0.15) is 6.42 Å². The fraction of sp³-hybridized carbons (Fsp3) is 0.455. The molecular formula is C11H13F2NO. The lowest BCUT2D eigenvalue weighted by atomic mass is 10.1. The summed E-state index contributed by atoms with van der Waals surface area (Å²) in [5, 5.41) is 2.90. The predicted molar refractivity (Wildman–Crippen MR) is 53.0 cm³/mol. The van der Waals surface area contributed by atoms with E-state index in [4.69, 9.17) is 4.74 Å². The molecule has 0 bridgehead atoms. The lowest BCUT2D eigenvalue weighted by Gasteiger charge is -2.23. The van der Waals surface area contributed by atoms with Crippen molar-refractivity contribution in [3.63, 3.8) is 0 Å². The number of benzene rings is 1. The van der Waals surface area contributed by atoms with E-state index < -0.39 is 12.0 Å². The summed E-state index contributed by atoms with van der Waals surface area (Å²) in [4.78, 5) is 0. The van der Waals surface area contributed by atoms with E-state index in [9.17, 15) is 8.78 Å². The molecular weight excluding hydrogens is 200 g/mol. The second kappa shape index (κ2) is 4.14. The van der Waals surface area contributed by atoms with Crippen molar-refractivity contribution in [3.05, 3.63) is 30.3 Å². The third-order valence-electron chi connectivity index (χ3n) is 2.53. The molecule has 2 rings (SSSR count). The van der Waals surface area contributed by atoms with E-state index in [1.807, 2.05) is 0 Å². The van der Waals surface area contributed by atoms with Gasteiger partial charge in [-0.05, 0) is 25.1 Å². The maximum atomic E-state index is 13.6. The molecule has 0 aromatic heterocycles. The van der Waals surface area contributed by atoms with Crippen LogP contribution in [0.25, 0.3) is 0 Å². The van der Waals surface area contributed by atoms with Crippen LogP contribution < -0.4 is 10.1 Å². The first-order chi connectivity index (χ1) is 7.18. The first kappa shape index (κ1) is 10.4. The second-order valence-corrected chi connectivity index (χ2v) is 3.67. The molecule has 1 unspecified atom stereocenters. The van der Waals surface area contributed by atoms with Gasteiger partial charge in [0.25, 0.3) is 0 Å². The van der Waals surface area contributed by atoms with Gasteiger partial charge in [-0.25, -0.2) is 0 Å². The van der Waals surface area contributed by atoms with Gasteiger partial charge in [-0.15, -0.1) is 0 Å². The Hall–Kier alpha value is -1.16. The first-order valence-corrected chi connectivity index (χ1v) is 5.01. The van der Waals surface area contributed by atoms with Crippen LogP contribution in [-0.4, -0.2) is 19.2 Å². The lowest BCUT2D eigenvalue weighted by Crippen LogP contribution is -2.35. The van der Waals surface area contributed by atoms with Gasteiger partial charge < -0.3 is 10.1 Å². The van der Waals surface area contributed by atoms with Crippen molar-refractivity contribution in [2.75, 3.05) is 13.1 Å². The van der Waals surface area contributed by atoms with Crippen LogP contribution in [0.3, 0.4) is 0 Å². The molecule has 4 heteroatoms. The van der Waals surface area contributed by atoms with Gasteiger partial charge in [0.05, 0.1) is 5.92 Å². The van der Waals surface area contributed by atoms with Crippen molar-refractivity contribution in [2.45, 2.75) is 12.5 Å². The van der Waals surface area contributed by atoms with E-state index in [2.05, 4.69) is 5.32 Å². The zero-order chi connectivity index (χ0) is 10.7. The number of ether oxygens (including phenoxy) is 1. The quantitative estimate of drug-likeness (QED) is 0.831. The van der Waals surface area contributed by atoms with E-state index in [0.29, 0.717) is 19.5 Å². The third kappa shape index (κ3) is 2.45. The molecule has 1 saturated heterocycles. The number of halogens is 2. The van der Waals surface area contributed by atoms with Gasteiger partial charge in [0.2, 0.25) is 0 Å². The Kier molecular flexibility index (Phi) is 2.86. The van der Waals surface area contributed by atoms with Crippen molar-refractivity contribution in [1.29, 1.82) is 0 Å². The van der Waals surface area contributed by atoms with Crippen LogP contribution in [0.5, 0.6) is 5.75 Å². The minimum atomic E-state index is -3.08. The highest BCUT2D eigenvalue weighted by molar-refractivity contribution is 5.21. The fourth-order valence-electron chi connectivity index (χ4n) is 1.67. The molecule has 1 aliphatic rings. The molecule has 1 fully saturated rings. The maximum Gasteiger partial charge on any atom is 0.401 e. The highest BCUT2D eigenvalue weighted by Gasteiger charge is 2.43. The molecule has 1 heterocycles. The molecule has 0 amide bonds. The molecule has 1 N–H and O–H groups in total. The van der Waals surface area contributed by atoms with Crippen LogP contribution >= 0.6 is 0 Å². The van der Waals surface area contributed by atoms with Crippen LogP contribution in [0, 0.1) is 5.92 Å². The molecule has 1 aromatic rings. The zero-order valence-corrected chi connectivity index (χ0v) is 8.25. The van der Waals surface area contributed by atoms with Crippen LogP contribution in [-0.2, 0) is 0 Å². The van der Waals surface area contributed by atoms with E-state index in [-0.39, 0.29) is 5.75 Å². The molecule has 1 aromatic carbocycles. The Morgan fingerprint density at radius 3 is 2.60 bits per heavy atom. The standard InChI is InChI=1S/C11H13F2NO/c12-11(13,9-6-7-14-8-9)15-10-4-2-1-3-5-10/h1-5,9,14H,6-8H2. The fourth-order valence-corrected chi connectivity index (χ4v) is 1.67. The van der Waals surface area contributed by atoms with Crippen molar-refractivity contribution < 1.29 is 13.5 Å². The van der Waals surface area contributed by atoms with Crippen molar-refractivity contribution in [2.24, 2.45) is 5.92 Å². The summed E-state index contributed by atoms with van der Waals surface area (Å²) >= 11 is 0. The number of nitrogens with one attached hydrogen (secondary N) is 1. The summed E-state index contributed by atoms with van der Waals surface area (Å²) < 4.78 is 31.8. The summed E-state index contributed by atoms with van der Waals surface area (Å²) in [5.41, 5.74) is 0. The molecule has 0 aliphatic carbocycles. The Morgan fingerprint density at radius 2 is 2.00 bits per heavy atom. The van der Waals surface area contributed by atoms with Crippen molar-refractivity contribution in [3.8, 4) is 5.75 Å². The number of para-hydroxylation sites is 1. The number of hydrogen-bond donors (Lipinski definition) is 1. The first-order valence-electron chi connectivity index (χ1n) is 5.01. The smallest absolute Gasteiger partial charge is 0.401 e. The Labute approximate surface area is 87.2 Å². The SMILES string of the molecule is FC(F)(Oc1ccccc1)C1CCNC1. The summed E-state index contributed by atoms with van der Waals surface area (Å²) in [7, 11) is 0. The Bertz CT molecular complexity index is 310. The van der Waals surface area contributed by atoms with E-state index in [1.54, 1.807) is 18.2 Å². The molecule has 0 spiro atoms. The monoisotopic (exact) mass is 213 g/mol. The van der Waals surface area contributed by atoms with Gasteiger partial charge in [0, 0.05) is 6.54 Å². The van der Waals surface area contributed by atoms with E-state index in [0.717, 1.165) is 0 Å². The topological polar surface area (TPSA) is 21.3 Å². The van der Waals surface area contributed by atoms with Gasteiger partial charge in [-0.1, -0.05) is 18.2 Å². The molecule has 82 valence electrons. The lowest BCUT2D eigenvalue weighted by molar-refractivity contribution is -0.210. The summed E-state index contributed by atoms with van der Waals surface area (Å²) in [5.74, 6) is -0.507. The van der Waals surface area contributed by atoms with Gasteiger partial charge in [-0.3, -0.25) is 0 Å². The molecule has 0 saturated carbocycles. The second-order valence-electron chi connectivity index (χ2n) is 3.67. The van der Waals surface area contributed by atoms with Gasteiger partial charge in [0.1, 0.15) is 5.75 Å². The minimum absolute atomic E-state index is 0.217. The Morgan fingerprint density at radius 1 is 1.27 bits per heavy atom. The summed E-state index contributed by atoms with van der Waals surface area (Å²) in [6.45, 7) is 0.957. The van der Waals surface area contributed by atoms with Crippen molar-refractivity contribution >= 4 is 0 Å². The minimum Gasteiger partial charge on any atom is -0.432 e. The van der Waals surface area contributed by atoms with Gasteiger partial charge in [-0.2, -0.15) is 8.78 Å². The highest BCUT2D eigenvalue weighted by Crippen LogP contribution is 2.31. The maximum absolute atomic E-state index is 13.6. The Balaban J connectivity index is 2.03. The van der Waals surface area contributed by atoms with Gasteiger partial charge >= 0.3 is 6.11 Å². The van der Waals surface area contributed by atoms with Gasteiger partial charge in [0.15, 0.2) is 0 Å².